The Labute approximate surface area is 76.3 Å². The first-order valence-corrected chi connectivity index (χ1v) is 4.69. The monoisotopic (exact) mass is 174 g/mol. The van der Waals surface area contributed by atoms with Crippen LogP contribution in [0.5, 0.6) is 0 Å². The van der Waals surface area contributed by atoms with Crippen LogP contribution in [0.15, 0.2) is 0 Å². The molecule has 0 saturated carbocycles. The van der Waals surface area contributed by atoms with Gasteiger partial charge in [-0.05, 0) is 12.3 Å². The Hall–Kier alpha value is -0.0800. The van der Waals surface area contributed by atoms with Gasteiger partial charge in [0, 0.05) is 20.1 Å². The van der Waals surface area contributed by atoms with Crippen molar-refractivity contribution in [3.05, 3.63) is 0 Å². The predicted octanol–water partition coefficient (Wildman–Crippen LogP) is 2.33. The van der Waals surface area contributed by atoms with Crippen LogP contribution in [0, 0.1) is 11.8 Å². The van der Waals surface area contributed by atoms with E-state index in [0.717, 1.165) is 13.0 Å². The summed E-state index contributed by atoms with van der Waals surface area (Å²) in [7, 11) is 3.52. The lowest BCUT2D eigenvalue weighted by Gasteiger charge is -2.27. The molecule has 0 saturated heterocycles. The van der Waals surface area contributed by atoms with E-state index in [9.17, 15) is 0 Å². The van der Waals surface area contributed by atoms with Crippen LogP contribution in [0.3, 0.4) is 0 Å². The summed E-state index contributed by atoms with van der Waals surface area (Å²) in [5, 5.41) is 0. The van der Waals surface area contributed by atoms with Crippen LogP contribution in [-0.2, 0) is 9.47 Å². The Morgan fingerprint density at radius 2 is 1.75 bits per heavy atom. The fraction of sp³-hybridized carbons (Fsp3) is 1.00. The van der Waals surface area contributed by atoms with E-state index in [0.29, 0.717) is 17.9 Å². The lowest BCUT2D eigenvalue weighted by molar-refractivity contribution is -0.00688. The molecule has 12 heavy (non-hydrogen) atoms. The maximum atomic E-state index is 5.40. The Kier molecular flexibility index (Phi) is 6.39. The van der Waals surface area contributed by atoms with Crippen LogP contribution in [0.2, 0.25) is 0 Å². The van der Waals surface area contributed by atoms with Gasteiger partial charge in [0.2, 0.25) is 0 Å². The summed E-state index contributed by atoms with van der Waals surface area (Å²) in [6.45, 7) is 7.37. The molecule has 0 N–H and O–H groups in total. The Morgan fingerprint density at radius 3 is 2.00 bits per heavy atom. The van der Waals surface area contributed by atoms with E-state index in [1.807, 2.05) is 0 Å². The fourth-order valence-electron chi connectivity index (χ4n) is 1.57. The minimum atomic E-state index is 0.338. The van der Waals surface area contributed by atoms with E-state index >= 15 is 0 Å². The third-order valence-corrected chi connectivity index (χ3v) is 2.40. The molecule has 0 aromatic rings. The van der Waals surface area contributed by atoms with Crippen molar-refractivity contribution in [3.8, 4) is 0 Å². The van der Waals surface area contributed by atoms with Gasteiger partial charge in [0.05, 0.1) is 12.7 Å². The van der Waals surface area contributed by atoms with Crippen molar-refractivity contribution >= 4 is 0 Å². The molecule has 0 fully saturated rings. The summed E-state index contributed by atoms with van der Waals surface area (Å²) in [5.41, 5.74) is 0. The Balaban J connectivity index is 4.05. The van der Waals surface area contributed by atoms with Gasteiger partial charge in [0.15, 0.2) is 0 Å². The molecule has 2 heteroatoms. The summed E-state index contributed by atoms with van der Waals surface area (Å²) >= 11 is 0. The summed E-state index contributed by atoms with van der Waals surface area (Å²) in [4.78, 5) is 0. The standard InChI is InChI=1S/C10H22O2/c1-6-10(12-5)9(7-11-4)8(2)3/h8-10H,6-7H2,1-5H3. The van der Waals surface area contributed by atoms with Crippen molar-refractivity contribution < 1.29 is 9.47 Å². The van der Waals surface area contributed by atoms with Gasteiger partial charge in [-0.1, -0.05) is 20.8 Å². The topological polar surface area (TPSA) is 18.5 Å². The fourth-order valence-corrected chi connectivity index (χ4v) is 1.57. The van der Waals surface area contributed by atoms with Crippen LogP contribution in [0.1, 0.15) is 27.2 Å². The predicted molar refractivity (Wildman–Crippen MR) is 51.3 cm³/mol. The quantitative estimate of drug-likeness (QED) is 0.615. The van der Waals surface area contributed by atoms with Crippen LogP contribution in [-0.4, -0.2) is 26.9 Å². The Morgan fingerprint density at radius 1 is 1.17 bits per heavy atom. The van der Waals surface area contributed by atoms with Crippen molar-refractivity contribution in [2.24, 2.45) is 11.8 Å². The van der Waals surface area contributed by atoms with Crippen molar-refractivity contribution in [2.45, 2.75) is 33.3 Å². The zero-order valence-corrected chi connectivity index (χ0v) is 8.96. The molecule has 0 aliphatic carbocycles. The smallest absolute Gasteiger partial charge is 0.0621 e. The summed E-state index contributed by atoms with van der Waals surface area (Å²) in [6, 6.07) is 0. The van der Waals surface area contributed by atoms with E-state index in [1.54, 1.807) is 14.2 Å². The average Bonchev–Trinajstić information content (AvgIpc) is 2.05. The van der Waals surface area contributed by atoms with E-state index in [4.69, 9.17) is 9.47 Å². The van der Waals surface area contributed by atoms with Crippen LogP contribution >= 0.6 is 0 Å². The molecule has 0 aromatic carbocycles. The van der Waals surface area contributed by atoms with E-state index in [2.05, 4.69) is 20.8 Å². The largest absolute Gasteiger partial charge is 0.384 e. The van der Waals surface area contributed by atoms with Crippen molar-refractivity contribution in [1.29, 1.82) is 0 Å². The minimum Gasteiger partial charge on any atom is -0.384 e. The normalized spacial score (nSPS) is 16.5. The first-order chi connectivity index (χ1) is 5.67. The van der Waals surface area contributed by atoms with Gasteiger partial charge in [-0.3, -0.25) is 0 Å². The molecule has 0 aliphatic rings. The number of ether oxygens (including phenoxy) is 2. The van der Waals surface area contributed by atoms with Crippen molar-refractivity contribution in [3.63, 3.8) is 0 Å². The van der Waals surface area contributed by atoms with E-state index in [1.165, 1.54) is 0 Å². The molecular formula is C10H22O2. The minimum absolute atomic E-state index is 0.338. The molecule has 0 bridgehead atoms. The van der Waals surface area contributed by atoms with Gasteiger partial charge in [-0.15, -0.1) is 0 Å². The third-order valence-electron chi connectivity index (χ3n) is 2.40. The van der Waals surface area contributed by atoms with Gasteiger partial charge in [-0.2, -0.15) is 0 Å². The molecule has 2 unspecified atom stereocenters. The van der Waals surface area contributed by atoms with E-state index in [-0.39, 0.29) is 0 Å². The molecule has 0 radical (unpaired) electrons. The first-order valence-electron chi connectivity index (χ1n) is 4.69. The zero-order valence-electron chi connectivity index (χ0n) is 8.96. The molecule has 0 aromatic heterocycles. The highest BCUT2D eigenvalue weighted by atomic mass is 16.5. The number of rotatable bonds is 6. The van der Waals surface area contributed by atoms with Crippen LogP contribution < -0.4 is 0 Å². The van der Waals surface area contributed by atoms with Crippen LogP contribution in [0.25, 0.3) is 0 Å². The summed E-state index contributed by atoms with van der Waals surface area (Å²) < 4.78 is 10.6. The SMILES string of the molecule is CCC(OC)C(COC)C(C)C. The average molecular weight is 174 g/mol. The molecule has 2 nitrogen and oxygen atoms in total. The maximum Gasteiger partial charge on any atom is 0.0621 e. The van der Waals surface area contributed by atoms with Crippen molar-refractivity contribution in [1.82, 2.24) is 0 Å². The molecule has 0 aliphatic heterocycles. The number of hydrogen-bond acceptors (Lipinski definition) is 2. The molecule has 0 heterocycles. The third kappa shape index (κ3) is 3.55. The highest BCUT2D eigenvalue weighted by Gasteiger charge is 2.22. The lowest BCUT2D eigenvalue weighted by atomic mass is 9.89. The van der Waals surface area contributed by atoms with Gasteiger partial charge >= 0.3 is 0 Å². The Bertz CT molecular complexity index is 98.0. The molecule has 0 spiro atoms. The zero-order chi connectivity index (χ0) is 9.56. The first kappa shape index (κ1) is 11.9. The molecule has 0 amide bonds. The van der Waals surface area contributed by atoms with E-state index < -0.39 is 0 Å². The highest BCUT2D eigenvalue weighted by Crippen LogP contribution is 2.20. The molecular weight excluding hydrogens is 152 g/mol. The molecule has 0 rings (SSSR count). The van der Waals surface area contributed by atoms with Crippen LogP contribution in [0.4, 0.5) is 0 Å². The van der Waals surface area contributed by atoms with Crippen molar-refractivity contribution in [2.75, 3.05) is 20.8 Å². The summed E-state index contributed by atoms with van der Waals surface area (Å²) in [6.07, 6.45) is 1.40. The summed E-state index contributed by atoms with van der Waals surface area (Å²) in [5.74, 6) is 1.14. The lowest BCUT2D eigenvalue weighted by Crippen LogP contribution is -2.30. The molecule has 2 atom stereocenters. The highest BCUT2D eigenvalue weighted by molar-refractivity contribution is 4.71. The van der Waals surface area contributed by atoms with Gasteiger partial charge in [-0.25, -0.2) is 0 Å². The van der Waals surface area contributed by atoms with Gasteiger partial charge in [0.1, 0.15) is 0 Å². The second kappa shape index (κ2) is 6.44. The van der Waals surface area contributed by atoms with Gasteiger partial charge < -0.3 is 9.47 Å². The number of methoxy groups -OCH3 is 2. The van der Waals surface area contributed by atoms with Gasteiger partial charge in [0.25, 0.3) is 0 Å². The maximum absolute atomic E-state index is 5.40. The second-order valence-electron chi connectivity index (χ2n) is 3.55. The number of hydrogen-bond donors (Lipinski definition) is 0. The second-order valence-corrected chi connectivity index (χ2v) is 3.55. The molecule has 74 valence electrons.